The second-order valence-electron chi connectivity index (χ2n) is 4.53. The first-order valence-electron chi connectivity index (χ1n) is 5.98. The predicted molar refractivity (Wildman–Crippen MR) is 71.6 cm³/mol. The van der Waals surface area contributed by atoms with Crippen molar-refractivity contribution in [1.29, 1.82) is 0 Å². The zero-order chi connectivity index (χ0) is 13.1. The van der Waals surface area contributed by atoms with E-state index in [1.807, 2.05) is 0 Å². The molecule has 98 valence electrons. The summed E-state index contributed by atoms with van der Waals surface area (Å²) in [6.07, 6.45) is 2.51. The van der Waals surface area contributed by atoms with Gasteiger partial charge in [0.05, 0.1) is 5.02 Å². The van der Waals surface area contributed by atoms with E-state index in [9.17, 15) is 4.79 Å². The van der Waals surface area contributed by atoms with Gasteiger partial charge < -0.3 is 16.0 Å². The van der Waals surface area contributed by atoms with Crippen LogP contribution in [0.25, 0.3) is 0 Å². The highest BCUT2D eigenvalue weighted by molar-refractivity contribution is 6.33. The summed E-state index contributed by atoms with van der Waals surface area (Å²) in [6.45, 7) is 1.41. The largest absolute Gasteiger partial charge is 0.384 e. The summed E-state index contributed by atoms with van der Waals surface area (Å²) >= 11 is 5.90. The lowest BCUT2D eigenvalue weighted by atomic mass is 10.3. The Morgan fingerprint density at radius 1 is 1.61 bits per heavy atom. The monoisotopic (exact) mass is 268 g/mol. The molecule has 18 heavy (non-hydrogen) atoms. The highest BCUT2D eigenvalue weighted by Crippen LogP contribution is 2.24. The molecule has 0 unspecified atom stereocenters. The molecule has 0 bridgehead atoms. The number of hydrogen-bond donors (Lipinski definition) is 2. The molecule has 1 amide bonds. The molecule has 1 aromatic rings. The summed E-state index contributed by atoms with van der Waals surface area (Å²) in [5.41, 5.74) is 5.72. The lowest BCUT2D eigenvalue weighted by Crippen LogP contribution is -2.34. The van der Waals surface area contributed by atoms with Crippen LogP contribution in [0.1, 0.15) is 23.3 Å². The van der Waals surface area contributed by atoms with E-state index >= 15 is 0 Å². The van der Waals surface area contributed by atoms with Crippen LogP contribution in [0.15, 0.2) is 12.1 Å². The Labute approximate surface area is 111 Å². The van der Waals surface area contributed by atoms with Gasteiger partial charge in [-0.1, -0.05) is 11.6 Å². The van der Waals surface area contributed by atoms with Gasteiger partial charge >= 0.3 is 0 Å². The van der Waals surface area contributed by atoms with Crippen LogP contribution in [-0.4, -0.2) is 42.0 Å². The molecule has 0 saturated heterocycles. The number of amides is 1. The molecular weight excluding hydrogens is 252 g/mol. The highest BCUT2D eigenvalue weighted by atomic mass is 35.5. The van der Waals surface area contributed by atoms with Crippen molar-refractivity contribution in [3.63, 3.8) is 0 Å². The van der Waals surface area contributed by atoms with Crippen molar-refractivity contribution in [1.82, 2.24) is 15.2 Å². The SMILES string of the molecule is CN(CCNC(=O)c1nc(N)ccc1Cl)C1CC1. The molecule has 2 rings (SSSR count). The number of nitrogen functional groups attached to an aromatic ring is 1. The van der Waals surface area contributed by atoms with Crippen molar-refractivity contribution in [3.05, 3.63) is 22.8 Å². The Morgan fingerprint density at radius 3 is 3.00 bits per heavy atom. The molecule has 3 N–H and O–H groups in total. The van der Waals surface area contributed by atoms with Crippen LogP contribution < -0.4 is 11.1 Å². The number of carbonyl (C=O) groups excluding carboxylic acids is 1. The Balaban J connectivity index is 1.85. The van der Waals surface area contributed by atoms with Crippen molar-refractivity contribution in [2.75, 3.05) is 25.9 Å². The molecule has 1 aromatic heterocycles. The lowest BCUT2D eigenvalue weighted by molar-refractivity contribution is 0.0945. The first-order chi connectivity index (χ1) is 8.58. The van der Waals surface area contributed by atoms with Gasteiger partial charge in [-0.25, -0.2) is 4.98 Å². The van der Waals surface area contributed by atoms with Crippen LogP contribution in [0, 0.1) is 0 Å². The summed E-state index contributed by atoms with van der Waals surface area (Å²) in [6, 6.07) is 3.84. The van der Waals surface area contributed by atoms with Crippen LogP contribution >= 0.6 is 11.6 Å². The number of anilines is 1. The van der Waals surface area contributed by atoms with Crippen LogP contribution in [0.2, 0.25) is 5.02 Å². The van der Waals surface area contributed by atoms with Gasteiger partial charge in [-0.3, -0.25) is 4.79 Å². The number of hydrogen-bond acceptors (Lipinski definition) is 4. The Kier molecular flexibility index (Phi) is 4.04. The van der Waals surface area contributed by atoms with Gasteiger partial charge in [0.25, 0.3) is 5.91 Å². The van der Waals surface area contributed by atoms with Crippen LogP contribution in [-0.2, 0) is 0 Å². The number of nitrogens with zero attached hydrogens (tertiary/aromatic N) is 2. The number of nitrogens with two attached hydrogens (primary N) is 1. The number of halogens is 1. The third-order valence-electron chi connectivity index (χ3n) is 3.00. The molecule has 0 atom stereocenters. The molecule has 0 aromatic carbocycles. The summed E-state index contributed by atoms with van der Waals surface area (Å²) < 4.78 is 0. The molecule has 0 radical (unpaired) electrons. The smallest absolute Gasteiger partial charge is 0.271 e. The van der Waals surface area contributed by atoms with Gasteiger partial charge in [0.1, 0.15) is 11.5 Å². The number of nitrogens with one attached hydrogen (secondary N) is 1. The Bertz CT molecular complexity index is 448. The van der Waals surface area contributed by atoms with Crippen molar-refractivity contribution in [2.24, 2.45) is 0 Å². The zero-order valence-corrected chi connectivity index (χ0v) is 11.1. The maximum atomic E-state index is 11.9. The molecule has 1 saturated carbocycles. The second-order valence-corrected chi connectivity index (χ2v) is 4.94. The Hall–Kier alpha value is -1.33. The van der Waals surface area contributed by atoms with E-state index in [0.717, 1.165) is 6.54 Å². The van der Waals surface area contributed by atoms with E-state index in [2.05, 4.69) is 22.2 Å². The number of likely N-dealkylation sites (N-methyl/N-ethyl adjacent to an activating group) is 1. The third-order valence-corrected chi connectivity index (χ3v) is 3.31. The van der Waals surface area contributed by atoms with Gasteiger partial charge in [-0.15, -0.1) is 0 Å². The molecule has 0 spiro atoms. The summed E-state index contributed by atoms with van der Waals surface area (Å²) in [5.74, 6) is 0.0103. The topological polar surface area (TPSA) is 71.2 Å². The van der Waals surface area contributed by atoms with Crippen molar-refractivity contribution >= 4 is 23.3 Å². The minimum absolute atomic E-state index is 0.186. The van der Waals surface area contributed by atoms with E-state index in [1.54, 1.807) is 12.1 Å². The van der Waals surface area contributed by atoms with Gasteiger partial charge in [0, 0.05) is 19.1 Å². The fraction of sp³-hybridized carbons (Fsp3) is 0.500. The fourth-order valence-electron chi connectivity index (χ4n) is 1.74. The summed E-state index contributed by atoms with van der Waals surface area (Å²) in [4.78, 5) is 18.0. The van der Waals surface area contributed by atoms with Gasteiger partial charge in [-0.2, -0.15) is 0 Å². The first kappa shape index (κ1) is 13.1. The molecule has 0 aliphatic heterocycles. The quantitative estimate of drug-likeness (QED) is 0.840. The number of rotatable bonds is 5. The van der Waals surface area contributed by atoms with Gasteiger partial charge in [-0.05, 0) is 32.0 Å². The van der Waals surface area contributed by atoms with Gasteiger partial charge in [0.15, 0.2) is 0 Å². The van der Waals surface area contributed by atoms with Gasteiger partial charge in [0.2, 0.25) is 0 Å². The van der Waals surface area contributed by atoms with Crippen molar-refractivity contribution < 1.29 is 4.79 Å². The molecule has 1 aliphatic carbocycles. The lowest BCUT2D eigenvalue weighted by Gasteiger charge is -2.15. The van der Waals surface area contributed by atoms with Crippen LogP contribution in [0.3, 0.4) is 0 Å². The van der Waals surface area contributed by atoms with E-state index in [0.29, 0.717) is 23.4 Å². The molecule has 5 nitrogen and oxygen atoms in total. The van der Waals surface area contributed by atoms with Crippen molar-refractivity contribution in [3.8, 4) is 0 Å². The zero-order valence-electron chi connectivity index (χ0n) is 10.3. The van der Waals surface area contributed by atoms with Crippen molar-refractivity contribution in [2.45, 2.75) is 18.9 Å². The average Bonchev–Trinajstić information content (AvgIpc) is 3.16. The molecule has 1 fully saturated rings. The van der Waals surface area contributed by atoms with E-state index in [1.165, 1.54) is 12.8 Å². The minimum Gasteiger partial charge on any atom is -0.384 e. The highest BCUT2D eigenvalue weighted by Gasteiger charge is 2.25. The third kappa shape index (κ3) is 3.34. The summed E-state index contributed by atoms with van der Waals surface area (Å²) in [5, 5.41) is 3.11. The molecule has 1 heterocycles. The van der Waals surface area contributed by atoms with E-state index in [-0.39, 0.29) is 11.6 Å². The maximum absolute atomic E-state index is 11.9. The molecule has 6 heteroatoms. The van der Waals surface area contributed by atoms with E-state index < -0.39 is 0 Å². The molecule has 1 aliphatic rings. The number of pyridine rings is 1. The maximum Gasteiger partial charge on any atom is 0.271 e. The first-order valence-corrected chi connectivity index (χ1v) is 6.36. The number of aromatic nitrogens is 1. The molecular formula is C12H17ClN4O. The normalized spacial score (nSPS) is 14.8. The fourth-order valence-corrected chi connectivity index (χ4v) is 1.93. The average molecular weight is 269 g/mol. The minimum atomic E-state index is -0.281. The summed E-state index contributed by atoms with van der Waals surface area (Å²) in [7, 11) is 2.07. The van der Waals surface area contributed by atoms with Crippen LogP contribution in [0.4, 0.5) is 5.82 Å². The second kappa shape index (κ2) is 5.54. The predicted octanol–water partition coefficient (Wildman–Crippen LogP) is 1.14. The Morgan fingerprint density at radius 2 is 2.33 bits per heavy atom. The number of carbonyl (C=O) groups is 1. The van der Waals surface area contributed by atoms with Crippen LogP contribution in [0.5, 0.6) is 0 Å². The van der Waals surface area contributed by atoms with E-state index in [4.69, 9.17) is 17.3 Å². The standard InChI is InChI=1S/C12H17ClN4O/c1-17(8-2-3-8)7-6-15-12(18)11-9(13)4-5-10(14)16-11/h4-5,8H,2-3,6-7H2,1H3,(H2,14,16)(H,15,18).